The van der Waals surface area contributed by atoms with Gasteiger partial charge in [0, 0.05) is 23.1 Å². The van der Waals surface area contributed by atoms with Crippen molar-refractivity contribution in [2.45, 2.75) is 46.6 Å². The first-order valence-corrected chi connectivity index (χ1v) is 8.80. The van der Waals surface area contributed by atoms with Crippen molar-refractivity contribution in [1.82, 2.24) is 0 Å². The Labute approximate surface area is 152 Å². The van der Waals surface area contributed by atoms with Gasteiger partial charge in [-0.1, -0.05) is 44.5 Å². The first kappa shape index (κ1) is 19.3. The summed E-state index contributed by atoms with van der Waals surface area (Å²) in [6, 6.07) is 8.36. The summed E-state index contributed by atoms with van der Waals surface area (Å²) in [5, 5.41) is 0.473. The first-order chi connectivity index (χ1) is 12.0. The van der Waals surface area contributed by atoms with Crippen molar-refractivity contribution in [2.75, 3.05) is 0 Å². The average Bonchev–Trinajstić information content (AvgIpc) is 2.62. The van der Waals surface area contributed by atoms with Crippen molar-refractivity contribution in [2.24, 2.45) is 0 Å². The summed E-state index contributed by atoms with van der Waals surface area (Å²) in [5.74, 6) is -0.248. The van der Waals surface area contributed by atoms with Gasteiger partial charge in [-0.2, -0.15) is 0 Å². The quantitative estimate of drug-likeness (QED) is 0.480. The lowest BCUT2D eigenvalue weighted by Gasteiger charge is -2.15. The van der Waals surface area contributed by atoms with Crippen LogP contribution in [0.4, 0.5) is 4.39 Å². The lowest BCUT2D eigenvalue weighted by atomic mass is 10.0. The second-order valence-corrected chi connectivity index (χ2v) is 6.00. The van der Waals surface area contributed by atoms with Crippen LogP contribution in [-0.2, 0) is 24.2 Å². The van der Waals surface area contributed by atoms with Gasteiger partial charge in [-0.15, -0.1) is 0 Å². The van der Waals surface area contributed by atoms with Crippen LogP contribution in [0.1, 0.15) is 43.9 Å². The van der Waals surface area contributed by atoms with E-state index in [0.717, 1.165) is 23.1 Å². The lowest BCUT2D eigenvalue weighted by Crippen LogP contribution is -2.10. The van der Waals surface area contributed by atoms with E-state index in [1.165, 1.54) is 12.1 Å². The van der Waals surface area contributed by atoms with Crippen molar-refractivity contribution in [3.8, 4) is 11.5 Å². The Kier molecular flexibility index (Phi) is 6.82. The van der Waals surface area contributed by atoms with Crippen LogP contribution in [0.25, 0.3) is 0 Å². The molecule has 0 aliphatic carbocycles. The molecular weight excluding hydrogens is 343 g/mol. The van der Waals surface area contributed by atoms with Gasteiger partial charge in [-0.05, 0) is 36.1 Å². The van der Waals surface area contributed by atoms with E-state index < -0.39 is 5.82 Å². The normalized spacial score (nSPS) is 10.6. The molecule has 2 rings (SSSR count). The van der Waals surface area contributed by atoms with Gasteiger partial charge in [0.2, 0.25) is 0 Å². The number of carbonyl (C=O) groups excluding carboxylic acids is 1. The molecule has 0 heterocycles. The van der Waals surface area contributed by atoms with E-state index >= 15 is 0 Å². The summed E-state index contributed by atoms with van der Waals surface area (Å²) in [5.41, 5.74) is 2.46. The molecule has 0 fully saturated rings. The minimum atomic E-state index is -0.456. The van der Waals surface area contributed by atoms with E-state index in [1.807, 2.05) is 26.0 Å². The molecule has 0 aliphatic heterocycles. The summed E-state index contributed by atoms with van der Waals surface area (Å²) in [4.78, 5) is 11.6. The van der Waals surface area contributed by atoms with Gasteiger partial charge in [0.15, 0.2) is 11.6 Å². The Balaban J connectivity index is 2.28. The van der Waals surface area contributed by atoms with Crippen LogP contribution in [0.5, 0.6) is 11.5 Å². The van der Waals surface area contributed by atoms with Crippen LogP contribution in [0.3, 0.4) is 0 Å². The number of carbonyl (C=O) groups is 1. The SMILES string of the molecule is CCC(=O)Oc1cccc(CC)c1COc1cc(Cl)c(CC)cc1F. The standard InChI is InChI=1S/C20H22ClFO3/c1-4-13-8-7-9-18(25-20(23)6-3)15(13)12-24-19-11-16(21)14(5-2)10-17(19)22/h7-11H,4-6,12H2,1-3H3. The van der Waals surface area contributed by atoms with E-state index in [1.54, 1.807) is 13.0 Å². The van der Waals surface area contributed by atoms with E-state index in [-0.39, 0.29) is 24.7 Å². The fraction of sp³-hybridized carbons (Fsp3) is 0.350. The molecule has 0 amide bonds. The molecule has 25 heavy (non-hydrogen) atoms. The van der Waals surface area contributed by atoms with Crippen LogP contribution in [0.2, 0.25) is 5.02 Å². The van der Waals surface area contributed by atoms with Crippen LogP contribution >= 0.6 is 11.6 Å². The third-order valence-corrected chi connectivity index (χ3v) is 4.33. The van der Waals surface area contributed by atoms with Gasteiger partial charge in [-0.25, -0.2) is 4.39 Å². The molecule has 2 aromatic carbocycles. The molecule has 0 aromatic heterocycles. The van der Waals surface area contributed by atoms with Gasteiger partial charge >= 0.3 is 5.97 Å². The van der Waals surface area contributed by atoms with Gasteiger partial charge in [0.1, 0.15) is 12.4 Å². The highest BCUT2D eigenvalue weighted by atomic mass is 35.5. The van der Waals surface area contributed by atoms with E-state index in [4.69, 9.17) is 21.1 Å². The summed E-state index contributed by atoms with van der Waals surface area (Å²) in [6.07, 6.45) is 1.67. The zero-order valence-corrected chi connectivity index (χ0v) is 15.5. The smallest absolute Gasteiger partial charge is 0.310 e. The maximum atomic E-state index is 14.2. The van der Waals surface area contributed by atoms with Gasteiger partial charge in [0.25, 0.3) is 0 Å². The Morgan fingerprint density at radius 1 is 1.08 bits per heavy atom. The topological polar surface area (TPSA) is 35.5 Å². The number of hydrogen-bond donors (Lipinski definition) is 0. The zero-order chi connectivity index (χ0) is 18.4. The molecule has 134 valence electrons. The maximum absolute atomic E-state index is 14.2. The second-order valence-electron chi connectivity index (χ2n) is 5.59. The Bertz CT molecular complexity index is 759. The highest BCUT2D eigenvalue weighted by Gasteiger charge is 2.14. The van der Waals surface area contributed by atoms with Gasteiger partial charge in [0.05, 0.1) is 0 Å². The second kappa shape index (κ2) is 8.86. The van der Waals surface area contributed by atoms with Crippen molar-refractivity contribution in [3.05, 3.63) is 57.9 Å². The largest absolute Gasteiger partial charge is 0.486 e. The maximum Gasteiger partial charge on any atom is 0.310 e. The van der Waals surface area contributed by atoms with E-state index in [2.05, 4.69) is 0 Å². The molecule has 0 unspecified atom stereocenters. The third-order valence-electron chi connectivity index (χ3n) is 3.98. The molecule has 0 radical (unpaired) electrons. The molecule has 2 aromatic rings. The number of benzene rings is 2. The Morgan fingerprint density at radius 3 is 2.44 bits per heavy atom. The Morgan fingerprint density at radius 2 is 1.80 bits per heavy atom. The Hall–Kier alpha value is -2.07. The minimum Gasteiger partial charge on any atom is -0.486 e. The van der Waals surface area contributed by atoms with Gasteiger partial charge < -0.3 is 9.47 Å². The van der Waals surface area contributed by atoms with Crippen LogP contribution < -0.4 is 9.47 Å². The predicted octanol–water partition coefficient (Wildman–Crippen LogP) is 5.50. The predicted molar refractivity (Wildman–Crippen MR) is 96.9 cm³/mol. The van der Waals surface area contributed by atoms with Crippen molar-refractivity contribution in [3.63, 3.8) is 0 Å². The summed E-state index contributed by atoms with van der Waals surface area (Å²) >= 11 is 6.14. The van der Waals surface area contributed by atoms with E-state index in [0.29, 0.717) is 17.2 Å². The number of aryl methyl sites for hydroxylation is 2. The van der Waals surface area contributed by atoms with Crippen LogP contribution in [0, 0.1) is 5.82 Å². The average molecular weight is 365 g/mol. The number of ether oxygens (including phenoxy) is 2. The van der Waals surface area contributed by atoms with Crippen LogP contribution in [-0.4, -0.2) is 5.97 Å². The molecule has 0 N–H and O–H groups in total. The fourth-order valence-corrected chi connectivity index (χ4v) is 2.79. The van der Waals surface area contributed by atoms with Crippen LogP contribution in [0.15, 0.2) is 30.3 Å². The zero-order valence-electron chi connectivity index (χ0n) is 14.7. The third kappa shape index (κ3) is 4.73. The summed E-state index contributed by atoms with van der Waals surface area (Å²) in [6.45, 7) is 5.73. The molecular formula is C20H22ClFO3. The van der Waals surface area contributed by atoms with E-state index in [9.17, 15) is 9.18 Å². The number of esters is 1. The molecule has 0 atom stereocenters. The summed E-state index contributed by atoms with van der Waals surface area (Å²) in [7, 11) is 0. The highest BCUT2D eigenvalue weighted by Crippen LogP contribution is 2.30. The molecule has 5 heteroatoms. The molecule has 0 spiro atoms. The number of rotatable bonds is 7. The lowest BCUT2D eigenvalue weighted by molar-refractivity contribution is -0.134. The molecule has 0 saturated heterocycles. The molecule has 0 saturated carbocycles. The highest BCUT2D eigenvalue weighted by molar-refractivity contribution is 6.31. The monoisotopic (exact) mass is 364 g/mol. The first-order valence-electron chi connectivity index (χ1n) is 8.42. The molecule has 0 bridgehead atoms. The van der Waals surface area contributed by atoms with Crippen molar-refractivity contribution < 1.29 is 18.7 Å². The fourth-order valence-electron chi connectivity index (χ4n) is 2.50. The molecule has 0 aliphatic rings. The number of halogens is 2. The van der Waals surface area contributed by atoms with Gasteiger partial charge in [-0.3, -0.25) is 4.79 Å². The van der Waals surface area contributed by atoms with Crippen molar-refractivity contribution in [1.29, 1.82) is 0 Å². The number of hydrogen-bond acceptors (Lipinski definition) is 3. The molecule has 3 nitrogen and oxygen atoms in total. The minimum absolute atomic E-state index is 0.0841. The van der Waals surface area contributed by atoms with Crippen molar-refractivity contribution >= 4 is 17.6 Å². The summed E-state index contributed by atoms with van der Waals surface area (Å²) < 4.78 is 25.2.